The van der Waals surface area contributed by atoms with Crippen LogP contribution < -0.4 is 25.4 Å². The number of anilines is 2. The number of carbonyl (C=O) groups is 1. The number of fused-ring (bicyclic) bond motifs is 1. The molecule has 10 heteroatoms. The summed E-state index contributed by atoms with van der Waals surface area (Å²) in [6.07, 6.45) is -0.545. The van der Waals surface area contributed by atoms with Crippen molar-refractivity contribution in [2.75, 3.05) is 31.1 Å². The van der Waals surface area contributed by atoms with E-state index in [9.17, 15) is 10.1 Å². The summed E-state index contributed by atoms with van der Waals surface area (Å²) >= 11 is 5.48. The van der Waals surface area contributed by atoms with E-state index in [1.54, 1.807) is 46.1 Å². The van der Waals surface area contributed by atoms with Crippen molar-refractivity contribution < 1.29 is 23.7 Å². The van der Waals surface area contributed by atoms with Crippen LogP contribution in [0.15, 0.2) is 30.3 Å². The van der Waals surface area contributed by atoms with Crippen LogP contribution in [0.3, 0.4) is 0 Å². The normalized spacial score (nSPS) is 12.4. The quantitative estimate of drug-likeness (QED) is 0.495. The van der Waals surface area contributed by atoms with Crippen molar-refractivity contribution in [1.82, 2.24) is 5.32 Å². The van der Waals surface area contributed by atoms with Gasteiger partial charge in [0.15, 0.2) is 18.3 Å². The summed E-state index contributed by atoms with van der Waals surface area (Å²) < 4.78 is 21.5. The second-order valence-corrected chi connectivity index (χ2v) is 9.01. The van der Waals surface area contributed by atoms with E-state index < -0.39 is 11.7 Å². The van der Waals surface area contributed by atoms with Gasteiger partial charge in [-0.05, 0) is 50.6 Å². The molecule has 0 fully saturated rings. The van der Waals surface area contributed by atoms with Crippen LogP contribution >= 0.6 is 12.2 Å². The first-order valence-electron chi connectivity index (χ1n) is 10.6. The number of hydrogen-bond acceptors (Lipinski definition) is 8. The van der Waals surface area contributed by atoms with Crippen LogP contribution in [-0.4, -0.2) is 37.1 Å². The first kappa shape index (κ1) is 25.1. The van der Waals surface area contributed by atoms with Crippen molar-refractivity contribution >= 4 is 34.7 Å². The Morgan fingerprint density at radius 3 is 2.74 bits per heavy atom. The Bertz CT molecular complexity index is 1090. The Kier molecular flexibility index (Phi) is 8.15. The maximum absolute atomic E-state index is 12.0. The Morgan fingerprint density at radius 1 is 1.24 bits per heavy atom. The zero-order chi connectivity index (χ0) is 24.7. The SMILES string of the molecule is COc1cc(NC(=S)CNc2ccc(C#N)c(CNC(=O)OC(C)(C)C)c2)cc2c1OCOC2. The number of nitrogens with one attached hydrogen (secondary N) is 3. The standard InChI is InChI=1S/C24H28N4O5S/c1-24(2,3)33-23(29)27-11-16-7-18(6-5-15(16)10-25)26-12-21(34)28-19-8-17-13-31-14-32-22(17)20(9-19)30-4/h5-9,26H,11-14H2,1-4H3,(H,27,29)(H,28,34). The molecule has 1 aliphatic rings. The Labute approximate surface area is 204 Å². The number of nitriles is 1. The molecule has 0 unspecified atom stereocenters. The zero-order valence-electron chi connectivity index (χ0n) is 19.6. The topological polar surface area (TPSA) is 114 Å². The highest BCUT2D eigenvalue weighted by atomic mass is 32.1. The minimum absolute atomic E-state index is 0.162. The fraction of sp³-hybridized carbons (Fsp3) is 0.375. The molecule has 2 aromatic rings. The summed E-state index contributed by atoms with van der Waals surface area (Å²) in [5, 5.41) is 18.5. The lowest BCUT2D eigenvalue weighted by atomic mass is 10.1. The van der Waals surface area contributed by atoms with E-state index in [0.29, 0.717) is 40.8 Å². The molecule has 1 aliphatic heterocycles. The maximum atomic E-state index is 12.0. The summed E-state index contributed by atoms with van der Waals surface area (Å²) in [6.45, 7) is 6.50. The van der Waals surface area contributed by atoms with E-state index in [1.165, 1.54) is 0 Å². The summed E-state index contributed by atoms with van der Waals surface area (Å²) in [7, 11) is 1.58. The van der Waals surface area contributed by atoms with E-state index in [2.05, 4.69) is 22.0 Å². The van der Waals surface area contributed by atoms with Gasteiger partial charge < -0.3 is 34.9 Å². The minimum Gasteiger partial charge on any atom is -0.493 e. The van der Waals surface area contributed by atoms with Crippen molar-refractivity contribution in [2.45, 2.75) is 39.5 Å². The number of benzene rings is 2. The molecule has 0 spiro atoms. The van der Waals surface area contributed by atoms with Crippen LogP contribution in [0.2, 0.25) is 0 Å². The molecule has 0 aromatic heterocycles. The van der Waals surface area contributed by atoms with Gasteiger partial charge in [0.25, 0.3) is 0 Å². The van der Waals surface area contributed by atoms with Crippen molar-refractivity contribution in [3.8, 4) is 17.6 Å². The van der Waals surface area contributed by atoms with Crippen LogP contribution in [0, 0.1) is 11.3 Å². The number of amides is 1. The smallest absolute Gasteiger partial charge is 0.407 e. The number of thiocarbonyl (C=S) groups is 1. The van der Waals surface area contributed by atoms with Gasteiger partial charge in [-0.1, -0.05) is 12.2 Å². The van der Waals surface area contributed by atoms with Crippen LogP contribution in [0.25, 0.3) is 0 Å². The average molecular weight is 485 g/mol. The summed E-state index contributed by atoms with van der Waals surface area (Å²) in [5.41, 5.74) is 2.92. The molecule has 1 heterocycles. The Hall–Kier alpha value is -3.55. The van der Waals surface area contributed by atoms with Gasteiger partial charge in [-0.2, -0.15) is 5.26 Å². The van der Waals surface area contributed by atoms with Gasteiger partial charge in [-0.3, -0.25) is 0 Å². The molecule has 1 amide bonds. The fourth-order valence-electron chi connectivity index (χ4n) is 3.24. The molecule has 0 radical (unpaired) electrons. The lowest BCUT2D eigenvalue weighted by Gasteiger charge is -2.21. The van der Waals surface area contributed by atoms with Gasteiger partial charge in [-0.25, -0.2) is 4.79 Å². The number of ether oxygens (including phenoxy) is 4. The largest absolute Gasteiger partial charge is 0.493 e. The third kappa shape index (κ3) is 6.97. The third-order valence-corrected chi connectivity index (χ3v) is 4.93. The van der Waals surface area contributed by atoms with E-state index in [-0.39, 0.29) is 13.3 Å². The molecule has 0 atom stereocenters. The highest BCUT2D eigenvalue weighted by Crippen LogP contribution is 2.37. The van der Waals surface area contributed by atoms with Crippen molar-refractivity contribution in [1.29, 1.82) is 5.26 Å². The molecule has 0 bridgehead atoms. The molecule has 180 valence electrons. The molecule has 0 saturated carbocycles. The van der Waals surface area contributed by atoms with Crippen LogP contribution in [-0.2, 0) is 22.6 Å². The lowest BCUT2D eigenvalue weighted by molar-refractivity contribution is -0.0179. The van der Waals surface area contributed by atoms with Gasteiger partial charge in [0, 0.05) is 29.5 Å². The fourth-order valence-corrected chi connectivity index (χ4v) is 3.43. The van der Waals surface area contributed by atoms with Gasteiger partial charge >= 0.3 is 6.09 Å². The number of methoxy groups -OCH3 is 1. The average Bonchev–Trinajstić information content (AvgIpc) is 2.79. The summed E-state index contributed by atoms with van der Waals surface area (Å²) in [6, 6.07) is 11.1. The Morgan fingerprint density at radius 2 is 2.03 bits per heavy atom. The molecule has 34 heavy (non-hydrogen) atoms. The second kappa shape index (κ2) is 11.0. The van der Waals surface area contributed by atoms with Gasteiger partial charge in [0.1, 0.15) is 5.60 Å². The van der Waals surface area contributed by atoms with Crippen molar-refractivity contribution in [3.63, 3.8) is 0 Å². The first-order chi connectivity index (χ1) is 16.2. The van der Waals surface area contributed by atoms with E-state index in [0.717, 1.165) is 16.9 Å². The maximum Gasteiger partial charge on any atom is 0.407 e. The molecular formula is C24H28N4O5S. The number of hydrogen-bond donors (Lipinski definition) is 3. The molecular weight excluding hydrogens is 456 g/mol. The number of rotatable bonds is 7. The predicted octanol–water partition coefficient (Wildman–Crippen LogP) is 4.31. The van der Waals surface area contributed by atoms with Gasteiger partial charge in [-0.15, -0.1) is 0 Å². The van der Waals surface area contributed by atoms with Crippen molar-refractivity contribution in [3.05, 3.63) is 47.0 Å². The summed E-state index contributed by atoms with van der Waals surface area (Å²) in [5.74, 6) is 1.28. The minimum atomic E-state index is -0.601. The van der Waals surface area contributed by atoms with Crippen LogP contribution in [0.4, 0.5) is 16.2 Å². The number of carbonyl (C=O) groups excluding carboxylic acids is 1. The zero-order valence-corrected chi connectivity index (χ0v) is 20.4. The molecule has 0 aliphatic carbocycles. The number of alkyl carbamates (subject to hydrolysis) is 1. The predicted molar refractivity (Wildman–Crippen MR) is 132 cm³/mol. The second-order valence-electron chi connectivity index (χ2n) is 8.52. The molecule has 3 N–H and O–H groups in total. The molecule has 2 aromatic carbocycles. The third-order valence-electron chi connectivity index (χ3n) is 4.68. The van der Waals surface area contributed by atoms with Gasteiger partial charge in [0.05, 0.1) is 36.9 Å². The lowest BCUT2D eigenvalue weighted by Crippen LogP contribution is -2.32. The molecule has 3 rings (SSSR count). The van der Waals surface area contributed by atoms with Crippen LogP contribution in [0.1, 0.15) is 37.5 Å². The first-order valence-corrected chi connectivity index (χ1v) is 11.0. The van der Waals surface area contributed by atoms with E-state index in [4.69, 9.17) is 31.2 Å². The van der Waals surface area contributed by atoms with E-state index >= 15 is 0 Å². The summed E-state index contributed by atoms with van der Waals surface area (Å²) in [4.78, 5) is 12.5. The monoisotopic (exact) mass is 484 g/mol. The van der Waals surface area contributed by atoms with Crippen molar-refractivity contribution in [2.24, 2.45) is 0 Å². The van der Waals surface area contributed by atoms with Gasteiger partial charge in [0.2, 0.25) is 0 Å². The Balaban J connectivity index is 1.61. The highest BCUT2D eigenvalue weighted by molar-refractivity contribution is 7.80. The van der Waals surface area contributed by atoms with E-state index in [1.807, 2.05) is 12.1 Å². The molecule has 9 nitrogen and oxygen atoms in total. The highest BCUT2D eigenvalue weighted by Gasteiger charge is 2.18. The number of nitrogens with zero attached hydrogens (tertiary/aromatic N) is 1. The van der Waals surface area contributed by atoms with Crippen LogP contribution in [0.5, 0.6) is 11.5 Å². The molecule has 0 saturated heterocycles.